The Bertz CT molecular complexity index is 1240. The number of aromatic nitrogens is 4. The number of hydrogen-bond donors (Lipinski definition) is 2. The van der Waals surface area contributed by atoms with Gasteiger partial charge in [-0.2, -0.15) is 10.1 Å². The summed E-state index contributed by atoms with van der Waals surface area (Å²) in [5.41, 5.74) is 2.49. The number of carbonyl (C=O) groups excluding carboxylic acids is 1. The fourth-order valence-electron chi connectivity index (χ4n) is 4.25. The molecule has 2 N–H and O–H groups in total. The number of piperidine rings is 1. The highest BCUT2D eigenvalue weighted by Crippen LogP contribution is 2.29. The number of amides is 1. The van der Waals surface area contributed by atoms with Gasteiger partial charge in [0.2, 0.25) is 11.7 Å². The molecule has 2 aromatic heterocycles. The third-order valence-electron chi connectivity index (χ3n) is 6.23. The van der Waals surface area contributed by atoms with E-state index in [2.05, 4.69) is 20.6 Å². The van der Waals surface area contributed by atoms with Gasteiger partial charge in [0.05, 0.1) is 18.3 Å². The van der Waals surface area contributed by atoms with Crippen LogP contribution in [-0.4, -0.2) is 61.7 Å². The number of aliphatic hydroxyl groups is 1. The molecular weight excluding hydrogens is 420 g/mol. The molecule has 9 heteroatoms. The Hall–Kier alpha value is -3.56. The molecule has 9 nitrogen and oxygen atoms in total. The number of fused-ring (bicyclic) bond motifs is 1. The van der Waals surface area contributed by atoms with Crippen molar-refractivity contribution >= 4 is 16.8 Å². The zero-order chi connectivity index (χ0) is 22.8. The van der Waals surface area contributed by atoms with Crippen LogP contribution in [0.25, 0.3) is 22.3 Å². The Balaban J connectivity index is 1.16. The molecule has 0 saturated carbocycles. The molecular formula is C24H26N6O3. The van der Waals surface area contributed by atoms with Crippen molar-refractivity contribution in [2.75, 3.05) is 19.6 Å². The highest BCUT2D eigenvalue weighted by molar-refractivity contribution is 5.94. The van der Waals surface area contributed by atoms with Crippen LogP contribution in [0.4, 0.5) is 0 Å². The van der Waals surface area contributed by atoms with Crippen molar-refractivity contribution in [3.63, 3.8) is 0 Å². The van der Waals surface area contributed by atoms with Gasteiger partial charge in [-0.15, -0.1) is 0 Å². The van der Waals surface area contributed by atoms with Gasteiger partial charge in [0.15, 0.2) is 0 Å². The second-order valence-corrected chi connectivity index (χ2v) is 8.36. The van der Waals surface area contributed by atoms with Crippen LogP contribution in [0.1, 0.15) is 35.0 Å². The second kappa shape index (κ2) is 9.13. The first kappa shape index (κ1) is 21.3. The first-order valence-corrected chi connectivity index (χ1v) is 11.1. The standard InChI is InChI=1S/C24H26N6O3/c1-29-20-13-18(7-8-19(20)14-26-29)22-27-24(33-28-22)17-9-11-30(12-10-17)21(31)15-25-23(32)16-5-3-2-4-6-16/h2-8,13-14,17,21,31H,9-12,15H2,1H3,(H,25,32). The van der Waals surface area contributed by atoms with Crippen molar-refractivity contribution in [1.82, 2.24) is 30.1 Å². The van der Waals surface area contributed by atoms with Gasteiger partial charge in [-0.1, -0.05) is 35.5 Å². The lowest BCUT2D eigenvalue weighted by Gasteiger charge is -2.33. The minimum Gasteiger partial charge on any atom is -0.377 e. The molecule has 1 fully saturated rings. The van der Waals surface area contributed by atoms with E-state index < -0.39 is 6.23 Å². The Morgan fingerprint density at radius 3 is 2.79 bits per heavy atom. The average Bonchev–Trinajstić information content (AvgIpc) is 3.50. The lowest BCUT2D eigenvalue weighted by molar-refractivity contribution is -0.0108. The molecule has 1 saturated heterocycles. The molecule has 5 rings (SSSR count). The minimum atomic E-state index is -0.734. The summed E-state index contributed by atoms with van der Waals surface area (Å²) in [4.78, 5) is 18.8. The maximum Gasteiger partial charge on any atom is 0.251 e. The van der Waals surface area contributed by atoms with Gasteiger partial charge in [0.1, 0.15) is 6.23 Å². The summed E-state index contributed by atoms with van der Waals surface area (Å²) in [6.07, 6.45) is 2.69. The summed E-state index contributed by atoms with van der Waals surface area (Å²) in [7, 11) is 1.91. The normalized spacial score (nSPS) is 16.2. The minimum absolute atomic E-state index is 0.147. The largest absolute Gasteiger partial charge is 0.377 e. The van der Waals surface area contributed by atoms with E-state index in [1.807, 2.05) is 59.2 Å². The highest BCUT2D eigenvalue weighted by atomic mass is 16.5. The lowest BCUT2D eigenvalue weighted by atomic mass is 9.96. The fourth-order valence-corrected chi connectivity index (χ4v) is 4.25. The van der Waals surface area contributed by atoms with Crippen LogP contribution in [0.5, 0.6) is 0 Å². The number of benzene rings is 2. The summed E-state index contributed by atoms with van der Waals surface area (Å²) in [5.74, 6) is 1.15. The van der Waals surface area contributed by atoms with Crippen molar-refractivity contribution in [2.45, 2.75) is 25.0 Å². The Labute approximate surface area is 191 Å². The monoisotopic (exact) mass is 446 g/mol. The molecule has 170 valence electrons. The van der Waals surface area contributed by atoms with Gasteiger partial charge in [-0.25, -0.2) is 0 Å². The van der Waals surface area contributed by atoms with Gasteiger partial charge >= 0.3 is 0 Å². The average molecular weight is 447 g/mol. The SMILES string of the molecule is Cn1ncc2ccc(-c3noc(C4CCN(C(O)CNC(=O)c5ccccc5)CC4)n3)cc21. The van der Waals surface area contributed by atoms with Crippen LogP contribution in [0.15, 0.2) is 59.3 Å². The van der Waals surface area contributed by atoms with Crippen LogP contribution >= 0.6 is 0 Å². The maximum absolute atomic E-state index is 12.2. The summed E-state index contributed by atoms with van der Waals surface area (Å²) in [6, 6.07) is 15.0. The summed E-state index contributed by atoms with van der Waals surface area (Å²) in [6.45, 7) is 1.55. The Morgan fingerprint density at radius 2 is 2.00 bits per heavy atom. The number of rotatable bonds is 6. The van der Waals surface area contributed by atoms with Crippen LogP contribution in [0.3, 0.4) is 0 Å². The fraction of sp³-hybridized carbons (Fsp3) is 0.333. The van der Waals surface area contributed by atoms with Gasteiger partial charge in [-0.05, 0) is 31.0 Å². The molecule has 2 aromatic carbocycles. The van der Waals surface area contributed by atoms with Crippen molar-refractivity contribution in [2.24, 2.45) is 7.05 Å². The van der Waals surface area contributed by atoms with Crippen molar-refractivity contribution < 1.29 is 14.4 Å². The highest BCUT2D eigenvalue weighted by Gasteiger charge is 2.28. The third kappa shape index (κ3) is 4.50. The van der Waals surface area contributed by atoms with Gasteiger partial charge in [0, 0.05) is 42.6 Å². The second-order valence-electron chi connectivity index (χ2n) is 8.36. The van der Waals surface area contributed by atoms with Gasteiger partial charge < -0.3 is 14.9 Å². The first-order chi connectivity index (χ1) is 16.1. The number of aliphatic hydroxyl groups excluding tert-OH is 1. The van der Waals surface area contributed by atoms with Crippen LogP contribution in [0.2, 0.25) is 0 Å². The zero-order valence-corrected chi connectivity index (χ0v) is 18.4. The van der Waals surface area contributed by atoms with Gasteiger partial charge in [-0.3, -0.25) is 14.4 Å². The number of nitrogens with zero attached hydrogens (tertiary/aromatic N) is 5. The smallest absolute Gasteiger partial charge is 0.251 e. The Kier molecular flexibility index (Phi) is 5.89. The van der Waals surface area contributed by atoms with E-state index >= 15 is 0 Å². The molecule has 4 aromatic rings. The topological polar surface area (TPSA) is 109 Å². The molecule has 3 heterocycles. The molecule has 0 bridgehead atoms. The molecule has 1 unspecified atom stereocenters. The number of nitrogens with one attached hydrogen (secondary N) is 1. The summed E-state index contributed by atoms with van der Waals surface area (Å²) in [5, 5.41) is 22.8. The molecule has 0 radical (unpaired) electrons. The molecule has 0 spiro atoms. The van der Waals surface area contributed by atoms with Crippen molar-refractivity contribution in [3.8, 4) is 11.4 Å². The first-order valence-electron chi connectivity index (χ1n) is 11.1. The molecule has 1 aliphatic rings. The van der Waals surface area contributed by atoms with E-state index in [4.69, 9.17) is 4.52 Å². The van der Waals surface area contributed by atoms with E-state index in [0.29, 0.717) is 30.4 Å². The quantitative estimate of drug-likeness (QED) is 0.468. The van der Waals surface area contributed by atoms with E-state index in [1.165, 1.54) is 0 Å². The molecule has 1 atom stereocenters. The van der Waals surface area contributed by atoms with Crippen molar-refractivity contribution in [3.05, 3.63) is 66.2 Å². The van der Waals surface area contributed by atoms with E-state index in [1.54, 1.807) is 12.1 Å². The predicted molar refractivity (Wildman–Crippen MR) is 122 cm³/mol. The number of hydrogen-bond acceptors (Lipinski definition) is 7. The maximum atomic E-state index is 12.2. The number of likely N-dealkylation sites (tertiary alicyclic amines) is 1. The zero-order valence-electron chi connectivity index (χ0n) is 18.4. The van der Waals surface area contributed by atoms with E-state index in [9.17, 15) is 9.90 Å². The van der Waals surface area contributed by atoms with Crippen molar-refractivity contribution in [1.29, 1.82) is 0 Å². The van der Waals surface area contributed by atoms with Crippen LogP contribution in [0, 0.1) is 0 Å². The number of carbonyl (C=O) groups is 1. The predicted octanol–water partition coefficient (Wildman–Crippen LogP) is 2.55. The van der Waals surface area contributed by atoms with E-state index in [-0.39, 0.29) is 18.4 Å². The third-order valence-corrected chi connectivity index (χ3v) is 6.23. The van der Waals surface area contributed by atoms with E-state index in [0.717, 1.165) is 29.3 Å². The summed E-state index contributed by atoms with van der Waals surface area (Å²) >= 11 is 0. The Morgan fingerprint density at radius 1 is 1.21 bits per heavy atom. The molecule has 1 aliphatic heterocycles. The molecule has 1 amide bonds. The molecule has 0 aliphatic carbocycles. The van der Waals surface area contributed by atoms with Crippen LogP contribution in [-0.2, 0) is 7.05 Å². The number of aryl methyl sites for hydroxylation is 1. The van der Waals surface area contributed by atoms with Crippen LogP contribution < -0.4 is 5.32 Å². The molecule has 33 heavy (non-hydrogen) atoms. The lowest BCUT2D eigenvalue weighted by Crippen LogP contribution is -2.47. The summed E-state index contributed by atoms with van der Waals surface area (Å²) < 4.78 is 7.41. The van der Waals surface area contributed by atoms with Gasteiger partial charge in [0.25, 0.3) is 5.91 Å².